The lowest BCUT2D eigenvalue weighted by molar-refractivity contribution is -0.384. The number of hydrogen-bond donors (Lipinski definition) is 1. The van der Waals surface area contributed by atoms with Gasteiger partial charge in [0.25, 0.3) is 0 Å². The second-order valence-electron chi connectivity index (χ2n) is 6.20. The fourth-order valence-corrected chi connectivity index (χ4v) is 2.97. The number of nitrogens with one attached hydrogen (secondary N) is 1. The Kier molecular flexibility index (Phi) is 5.68. The summed E-state index contributed by atoms with van der Waals surface area (Å²) in [4.78, 5) is 26.1. The number of hydrogen-bond acceptors (Lipinski definition) is 7. The number of hydrazone groups is 1. The maximum absolute atomic E-state index is 11.6. The van der Waals surface area contributed by atoms with Gasteiger partial charge in [0.2, 0.25) is 5.82 Å². The fourth-order valence-electron chi connectivity index (χ4n) is 2.97. The number of rotatable bonds is 6. The molecule has 0 aliphatic rings. The first-order valence-electron chi connectivity index (χ1n) is 8.68. The molecule has 0 unspecified atom stereocenters. The van der Waals surface area contributed by atoms with Crippen LogP contribution < -0.4 is 5.43 Å². The molecule has 0 atom stereocenters. The van der Waals surface area contributed by atoms with Crippen molar-refractivity contribution in [1.29, 1.82) is 0 Å². The second kappa shape index (κ2) is 8.34. The maximum atomic E-state index is 11.6. The van der Waals surface area contributed by atoms with E-state index in [1.807, 2.05) is 36.6 Å². The third-order valence-corrected chi connectivity index (χ3v) is 4.37. The number of aryl methyl sites for hydroxylation is 1. The van der Waals surface area contributed by atoms with Gasteiger partial charge in [-0.2, -0.15) is 5.10 Å². The summed E-state index contributed by atoms with van der Waals surface area (Å²) < 4.78 is 6.74. The van der Waals surface area contributed by atoms with Gasteiger partial charge < -0.3 is 9.30 Å². The number of aromatic nitrogens is 2. The third kappa shape index (κ3) is 4.13. The quantitative estimate of drug-likeness (QED) is 0.296. The number of pyridine rings is 1. The normalized spacial score (nSPS) is 10.9. The van der Waals surface area contributed by atoms with E-state index in [1.165, 1.54) is 25.4 Å². The van der Waals surface area contributed by atoms with Crippen molar-refractivity contribution in [3.8, 4) is 5.69 Å². The van der Waals surface area contributed by atoms with Crippen molar-refractivity contribution < 1.29 is 14.5 Å². The molecule has 3 rings (SSSR count). The zero-order valence-corrected chi connectivity index (χ0v) is 16.1. The molecule has 9 heteroatoms. The number of esters is 1. The number of nitrogens with zero attached hydrogens (tertiary/aromatic N) is 4. The lowest BCUT2D eigenvalue weighted by atomic mass is 10.2. The number of ether oxygens (including phenoxy) is 1. The molecule has 29 heavy (non-hydrogen) atoms. The van der Waals surface area contributed by atoms with E-state index in [1.54, 1.807) is 18.3 Å². The number of carbonyl (C=O) groups is 1. The molecule has 1 N–H and O–H groups in total. The van der Waals surface area contributed by atoms with Crippen LogP contribution >= 0.6 is 0 Å². The Hall–Kier alpha value is -4.01. The zero-order chi connectivity index (χ0) is 21.0. The van der Waals surface area contributed by atoms with Crippen LogP contribution in [0, 0.1) is 24.0 Å². The predicted molar refractivity (Wildman–Crippen MR) is 109 cm³/mol. The topological polar surface area (TPSA) is 112 Å². The number of anilines is 1. The van der Waals surface area contributed by atoms with Crippen molar-refractivity contribution in [1.82, 2.24) is 9.55 Å². The first-order chi connectivity index (χ1) is 13.9. The average molecular weight is 393 g/mol. The maximum Gasteiger partial charge on any atom is 0.337 e. The molecule has 0 aliphatic carbocycles. The predicted octanol–water partition coefficient (Wildman–Crippen LogP) is 3.63. The minimum absolute atomic E-state index is 0.0703. The lowest BCUT2D eigenvalue weighted by Gasteiger charge is -2.10. The van der Waals surface area contributed by atoms with E-state index in [-0.39, 0.29) is 17.5 Å². The summed E-state index contributed by atoms with van der Waals surface area (Å²) in [6.07, 6.45) is 3.04. The van der Waals surface area contributed by atoms with Crippen molar-refractivity contribution >= 4 is 23.7 Å². The molecule has 0 saturated heterocycles. The van der Waals surface area contributed by atoms with Gasteiger partial charge in [0.1, 0.15) is 0 Å². The molecule has 9 nitrogen and oxygen atoms in total. The van der Waals surface area contributed by atoms with Gasteiger partial charge in [-0.3, -0.25) is 15.5 Å². The standard InChI is InChI=1S/C20H19N5O4/c1-13-11-16(12-22-23-19-18(25(27)28)5-4-10-21-19)14(2)24(13)17-8-6-15(7-9-17)20(26)29-3/h4-12H,1-3H3,(H,21,23)/b22-12-. The summed E-state index contributed by atoms with van der Waals surface area (Å²) in [6.45, 7) is 3.89. The minimum Gasteiger partial charge on any atom is -0.465 e. The molecule has 2 heterocycles. The first-order valence-corrected chi connectivity index (χ1v) is 8.68. The largest absolute Gasteiger partial charge is 0.465 e. The first kappa shape index (κ1) is 19.7. The van der Waals surface area contributed by atoms with Gasteiger partial charge in [0.05, 0.1) is 23.8 Å². The molecule has 0 aliphatic heterocycles. The lowest BCUT2D eigenvalue weighted by Crippen LogP contribution is -2.03. The van der Waals surface area contributed by atoms with Crippen LogP contribution in [0.15, 0.2) is 53.8 Å². The summed E-state index contributed by atoms with van der Waals surface area (Å²) in [6, 6.07) is 11.9. The van der Waals surface area contributed by atoms with Crippen LogP contribution in [-0.2, 0) is 4.74 Å². The van der Waals surface area contributed by atoms with Gasteiger partial charge in [-0.25, -0.2) is 9.78 Å². The molecule has 148 valence electrons. The van der Waals surface area contributed by atoms with Gasteiger partial charge in [-0.15, -0.1) is 0 Å². The van der Waals surface area contributed by atoms with Crippen LogP contribution in [0.25, 0.3) is 5.69 Å². The van der Waals surface area contributed by atoms with Crippen LogP contribution in [0.5, 0.6) is 0 Å². The number of methoxy groups -OCH3 is 1. The smallest absolute Gasteiger partial charge is 0.337 e. The highest BCUT2D eigenvalue weighted by Gasteiger charge is 2.14. The van der Waals surface area contributed by atoms with E-state index >= 15 is 0 Å². The fraction of sp³-hybridized carbons (Fsp3) is 0.150. The molecule has 0 radical (unpaired) electrons. The highest BCUT2D eigenvalue weighted by Crippen LogP contribution is 2.22. The van der Waals surface area contributed by atoms with E-state index in [2.05, 4.69) is 15.5 Å². The summed E-state index contributed by atoms with van der Waals surface area (Å²) in [5.74, 6) is -0.319. The van der Waals surface area contributed by atoms with Crippen molar-refractivity contribution in [2.24, 2.45) is 5.10 Å². The number of benzene rings is 1. The molecule has 3 aromatic rings. The summed E-state index contributed by atoms with van der Waals surface area (Å²) in [5.41, 5.74) is 6.57. The molecule has 0 amide bonds. The molecule has 0 bridgehead atoms. The number of carbonyl (C=O) groups excluding carboxylic acids is 1. The van der Waals surface area contributed by atoms with Gasteiger partial charge in [0, 0.05) is 34.9 Å². The second-order valence-corrected chi connectivity index (χ2v) is 6.20. The molecular formula is C20H19N5O4. The van der Waals surface area contributed by atoms with Gasteiger partial charge >= 0.3 is 11.7 Å². The summed E-state index contributed by atoms with van der Waals surface area (Å²) in [5, 5.41) is 15.1. The Labute approximate surface area is 166 Å². The third-order valence-electron chi connectivity index (χ3n) is 4.37. The van der Waals surface area contributed by atoms with E-state index in [4.69, 9.17) is 4.74 Å². The molecule has 0 fully saturated rings. The molecular weight excluding hydrogens is 374 g/mol. The molecule has 1 aromatic carbocycles. The van der Waals surface area contributed by atoms with Crippen LogP contribution in [0.3, 0.4) is 0 Å². The van der Waals surface area contributed by atoms with Crippen LogP contribution in [0.4, 0.5) is 11.5 Å². The molecule has 0 spiro atoms. The Morgan fingerprint density at radius 1 is 1.28 bits per heavy atom. The highest BCUT2D eigenvalue weighted by molar-refractivity contribution is 5.89. The Balaban J connectivity index is 1.84. The van der Waals surface area contributed by atoms with E-state index in [0.717, 1.165) is 22.6 Å². The number of nitro groups is 1. The minimum atomic E-state index is -0.519. The van der Waals surface area contributed by atoms with Crippen LogP contribution in [0.1, 0.15) is 27.3 Å². The Bertz CT molecular complexity index is 1090. The summed E-state index contributed by atoms with van der Waals surface area (Å²) >= 11 is 0. The summed E-state index contributed by atoms with van der Waals surface area (Å²) in [7, 11) is 1.34. The van der Waals surface area contributed by atoms with Crippen molar-refractivity contribution in [3.05, 3.63) is 81.3 Å². The van der Waals surface area contributed by atoms with E-state index in [0.29, 0.717) is 5.56 Å². The van der Waals surface area contributed by atoms with Gasteiger partial charge in [-0.05, 0) is 50.2 Å². The van der Waals surface area contributed by atoms with Crippen molar-refractivity contribution in [3.63, 3.8) is 0 Å². The van der Waals surface area contributed by atoms with Crippen molar-refractivity contribution in [2.75, 3.05) is 12.5 Å². The average Bonchev–Trinajstić information content (AvgIpc) is 3.01. The zero-order valence-electron chi connectivity index (χ0n) is 16.1. The Morgan fingerprint density at radius 3 is 2.66 bits per heavy atom. The monoisotopic (exact) mass is 393 g/mol. The van der Waals surface area contributed by atoms with Crippen LogP contribution in [0.2, 0.25) is 0 Å². The Morgan fingerprint density at radius 2 is 2.00 bits per heavy atom. The van der Waals surface area contributed by atoms with Crippen LogP contribution in [-0.4, -0.2) is 33.8 Å². The van der Waals surface area contributed by atoms with E-state index < -0.39 is 4.92 Å². The van der Waals surface area contributed by atoms with Crippen molar-refractivity contribution in [2.45, 2.75) is 13.8 Å². The van der Waals surface area contributed by atoms with Gasteiger partial charge in [-0.1, -0.05) is 0 Å². The molecule has 0 saturated carbocycles. The molecule has 2 aromatic heterocycles. The SMILES string of the molecule is COC(=O)c1ccc(-n2c(C)cc(/C=N\Nc3ncccc3[N+](=O)[O-])c2C)cc1. The highest BCUT2D eigenvalue weighted by atomic mass is 16.6. The van der Waals surface area contributed by atoms with Gasteiger partial charge in [0.15, 0.2) is 0 Å². The van der Waals surface area contributed by atoms with E-state index in [9.17, 15) is 14.9 Å².